The molecule has 1 unspecified atom stereocenters. The summed E-state index contributed by atoms with van der Waals surface area (Å²) in [7, 11) is 0. The number of Topliss-reactive ketones (excluding diaryl/α,β-unsaturated/α-hetero) is 1. The van der Waals surface area contributed by atoms with E-state index in [0.29, 0.717) is 18.1 Å². The van der Waals surface area contributed by atoms with Crippen LogP contribution in [-0.2, 0) is 11.2 Å². The number of alkyl halides is 3. The lowest BCUT2D eigenvalue weighted by Crippen LogP contribution is -2.52. The summed E-state index contributed by atoms with van der Waals surface area (Å²) in [5.74, 6) is -1.68. The van der Waals surface area contributed by atoms with Crippen LogP contribution in [0.5, 0.6) is 0 Å². The molecule has 2 rings (SSSR count). The highest BCUT2D eigenvalue weighted by atomic mass is 19.4. The molecule has 0 aromatic heterocycles. The number of amides is 1. The van der Waals surface area contributed by atoms with Gasteiger partial charge in [0.25, 0.3) is 5.91 Å². The average Bonchev–Trinajstić information content (AvgIpc) is 2.56. The number of nitrogens with one attached hydrogen (secondary N) is 1. The van der Waals surface area contributed by atoms with E-state index in [2.05, 4.69) is 0 Å². The second-order valence-corrected chi connectivity index (χ2v) is 5.69. The number of benzene rings is 2. The van der Waals surface area contributed by atoms with E-state index in [9.17, 15) is 27.9 Å². The summed E-state index contributed by atoms with van der Waals surface area (Å²) in [4.78, 5) is 23.7. The molecule has 0 aliphatic rings. The van der Waals surface area contributed by atoms with E-state index in [-0.39, 0.29) is 17.9 Å². The number of carbonyl (C=O) groups is 2. The summed E-state index contributed by atoms with van der Waals surface area (Å²) in [6.45, 7) is 0.384. The van der Waals surface area contributed by atoms with Crippen molar-refractivity contribution in [3.63, 3.8) is 0 Å². The van der Waals surface area contributed by atoms with E-state index in [0.717, 1.165) is 0 Å². The van der Waals surface area contributed by atoms with Crippen LogP contribution in [0.2, 0.25) is 0 Å². The number of carbonyl (C=O) groups excluding carboxylic acids is 2. The molecule has 0 spiro atoms. The summed E-state index contributed by atoms with van der Waals surface area (Å²) in [5, 5.41) is 11.3. The van der Waals surface area contributed by atoms with Gasteiger partial charge in [0.2, 0.25) is 5.60 Å². The maximum atomic E-state index is 12.6. The molecule has 2 aromatic rings. The van der Waals surface area contributed by atoms with Gasteiger partial charge in [0.05, 0.1) is 0 Å². The number of ketones is 1. The summed E-state index contributed by atoms with van der Waals surface area (Å²) >= 11 is 0. The van der Waals surface area contributed by atoms with Gasteiger partial charge in [-0.1, -0.05) is 42.5 Å². The minimum Gasteiger partial charge on any atom is -0.373 e. The average molecular weight is 351 g/mol. The van der Waals surface area contributed by atoms with Crippen LogP contribution < -0.4 is 5.32 Å². The Hall–Kier alpha value is -2.67. The molecular formula is C18H16F3NO3. The van der Waals surface area contributed by atoms with E-state index in [1.165, 1.54) is 24.3 Å². The maximum absolute atomic E-state index is 12.6. The second-order valence-electron chi connectivity index (χ2n) is 5.69. The first-order valence-electron chi connectivity index (χ1n) is 7.39. The first-order chi connectivity index (χ1) is 11.6. The lowest BCUT2D eigenvalue weighted by Gasteiger charge is -2.24. The number of halogens is 3. The van der Waals surface area contributed by atoms with E-state index in [1.807, 2.05) is 5.32 Å². The minimum absolute atomic E-state index is 0.0884. The van der Waals surface area contributed by atoms with Gasteiger partial charge in [-0.15, -0.1) is 0 Å². The molecule has 0 heterocycles. The summed E-state index contributed by atoms with van der Waals surface area (Å²) in [6.07, 6.45) is -4.96. The molecule has 1 amide bonds. The molecule has 0 aliphatic heterocycles. The van der Waals surface area contributed by atoms with Crippen molar-refractivity contribution in [1.82, 2.24) is 0 Å². The van der Waals surface area contributed by atoms with Gasteiger partial charge in [0.1, 0.15) is 0 Å². The van der Waals surface area contributed by atoms with Crippen LogP contribution in [0.15, 0.2) is 54.6 Å². The Kier molecular flexibility index (Phi) is 5.27. The Labute approximate surface area is 142 Å². The van der Waals surface area contributed by atoms with Gasteiger partial charge in [0, 0.05) is 17.7 Å². The first-order valence-corrected chi connectivity index (χ1v) is 7.39. The number of rotatable bonds is 5. The zero-order valence-electron chi connectivity index (χ0n) is 13.3. The van der Waals surface area contributed by atoms with Gasteiger partial charge in [-0.25, -0.2) is 0 Å². The zero-order chi connectivity index (χ0) is 18.7. The van der Waals surface area contributed by atoms with Crippen molar-refractivity contribution in [3.8, 4) is 0 Å². The fourth-order valence-corrected chi connectivity index (χ4v) is 2.00. The highest BCUT2D eigenvalue weighted by Crippen LogP contribution is 2.31. The van der Waals surface area contributed by atoms with Crippen molar-refractivity contribution in [2.24, 2.45) is 0 Å². The van der Waals surface area contributed by atoms with Crippen molar-refractivity contribution >= 4 is 17.4 Å². The van der Waals surface area contributed by atoms with Gasteiger partial charge in [-0.2, -0.15) is 13.2 Å². The highest BCUT2D eigenvalue weighted by molar-refractivity contribution is 5.98. The standard InChI is InChI=1S/C18H16F3NO3/c1-17(25,18(19,20)21)16(24)22-14-9-7-12(8-10-14)11-15(23)13-5-3-2-4-6-13/h2-10,25H,11H2,1H3,(H,22,24). The Bertz CT molecular complexity index is 753. The molecule has 0 aliphatic carbocycles. The SMILES string of the molecule is CC(O)(C(=O)Nc1ccc(CC(=O)c2ccccc2)cc1)C(F)(F)F. The Morgan fingerprint density at radius 3 is 2.08 bits per heavy atom. The first kappa shape index (κ1) is 18.7. The van der Waals surface area contributed by atoms with Crippen molar-refractivity contribution in [2.45, 2.75) is 25.1 Å². The van der Waals surface area contributed by atoms with Crippen LogP contribution in [0.25, 0.3) is 0 Å². The van der Waals surface area contributed by atoms with Crippen LogP contribution in [-0.4, -0.2) is 28.6 Å². The van der Waals surface area contributed by atoms with Crippen LogP contribution >= 0.6 is 0 Å². The zero-order valence-corrected chi connectivity index (χ0v) is 13.3. The van der Waals surface area contributed by atoms with Gasteiger partial charge in [-0.3, -0.25) is 9.59 Å². The molecular weight excluding hydrogens is 335 g/mol. The molecule has 7 heteroatoms. The van der Waals surface area contributed by atoms with E-state index >= 15 is 0 Å². The van der Waals surface area contributed by atoms with E-state index in [4.69, 9.17) is 0 Å². The molecule has 0 bridgehead atoms. The predicted octanol–water partition coefficient (Wildman–Crippen LogP) is 3.36. The summed E-state index contributed by atoms with van der Waals surface area (Å²) in [5.41, 5.74) is -2.20. The Balaban J connectivity index is 2.03. The molecule has 4 nitrogen and oxygen atoms in total. The summed E-state index contributed by atoms with van der Waals surface area (Å²) < 4.78 is 37.8. The van der Waals surface area contributed by atoms with Crippen molar-refractivity contribution in [2.75, 3.05) is 5.32 Å². The van der Waals surface area contributed by atoms with Crippen LogP contribution in [0.3, 0.4) is 0 Å². The third-order valence-electron chi connectivity index (χ3n) is 3.67. The van der Waals surface area contributed by atoms with Crippen LogP contribution in [0, 0.1) is 0 Å². The largest absolute Gasteiger partial charge is 0.426 e. The summed E-state index contributed by atoms with van der Waals surface area (Å²) in [6, 6.07) is 14.5. The van der Waals surface area contributed by atoms with Crippen molar-refractivity contribution in [3.05, 3.63) is 65.7 Å². The molecule has 0 saturated heterocycles. The smallest absolute Gasteiger partial charge is 0.373 e. The third-order valence-corrected chi connectivity index (χ3v) is 3.67. The van der Waals surface area contributed by atoms with Gasteiger partial charge in [-0.05, 0) is 24.6 Å². The number of hydrogen-bond donors (Lipinski definition) is 2. The van der Waals surface area contributed by atoms with E-state index in [1.54, 1.807) is 30.3 Å². The molecule has 2 N–H and O–H groups in total. The molecule has 0 fully saturated rings. The minimum atomic E-state index is -5.08. The van der Waals surface area contributed by atoms with Gasteiger partial charge in [0.15, 0.2) is 5.78 Å². The predicted molar refractivity (Wildman–Crippen MR) is 86.2 cm³/mol. The van der Waals surface area contributed by atoms with Crippen molar-refractivity contribution < 1.29 is 27.9 Å². The number of hydrogen-bond acceptors (Lipinski definition) is 3. The molecule has 1 atom stereocenters. The van der Waals surface area contributed by atoms with Crippen molar-refractivity contribution in [1.29, 1.82) is 0 Å². The molecule has 132 valence electrons. The highest BCUT2D eigenvalue weighted by Gasteiger charge is 2.55. The number of aliphatic hydroxyl groups is 1. The lowest BCUT2D eigenvalue weighted by molar-refractivity contribution is -0.242. The van der Waals surface area contributed by atoms with Gasteiger partial charge >= 0.3 is 6.18 Å². The number of anilines is 1. The second kappa shape index (κ2) is 7.06. The third kappa shape index (κ3) is 4.45. The molecule has 2 aromatic carbocycles. The Morgan fingerprint density at radius 2 is 1.56 bits per heavy atom. The normalized spacial score (nSPS) is 13.8. The monoisotopic (exact) mass is 351 g/mol. The molecule has 0 radical (unpaired) electrons. The topological polar surface area (TPSA) is 66.4 Å². The molecule has 25 heavy (non-hydrogen) atoms. The lowest BCUT2D eigenvalue weighted by atomic mass is 10.0. The molecule has 0 saturated carbocycles. The van der Waals surface area contributed by atoms with Crippen LogP contribution in [0.1, 0.15) is 22.8 Å². The maximum Gasteiger partial charge on any atom is 0.426 e. The van der Waals surface area contributed by atoms with Gasteiger partial charge < -0.3 is 10.4 Å². The fourth-order valence-electron chi connectivity index (χ4n) is 2.00. The fraction of sp³-hybridized carbons (Fsp3) is 0.222. The Morgan fingerprint density at radius 1 is 1.00 bits per heavy atom. The van der Waals surface area contributed by atoms with E-state index < -0.39 is 17.7 Å². The van der Waals surface area contributed by atoms with Crippen LogP contribution in [0.4, 0.5) is 18.9 Å². The quantitative estimate of drug-likeness (QED) is 0.812.